The number of hydrogen-bond acceptors (Lipinski definition) is 3. The zero-order valence-corrected chi connectivity index (χ0v) is 11.5. The molecule has 0 radical (unpaired) electrons. The number of hydrogen-bond donors (Lipinski definition) is 1. The first kappa shape index (κ1) is 12.7. The molecule has 1 aromatic rings. The van der Waals surface area contributed by atoms with Crippen molar-refractivity contribution in [3.63, 3.8) is 0 Å². The van der Waals surface area contributed by atoms with Crippen molar-refractivity contribution >= 4 is 23.2 Å². The van der Waals surface area contributed by atoms with Gasteiger partial charge < -0.3 is 10.0 Å². The lowest BCUT2D eigenvalue weighted by molar-refractivity contribution is -0.143. The summed E-state index contributed by atoms with van der Waals surface area (Å²) in [6.45, 7) is 1.04. The van der Waals surface area contributed by atoms with Crippen molar-refractivity contribution in [1.29, 1.82) is 0 Å². The predicted octanol–water partition coefficient (Wildman–Crippen LogP) is 2.56. The molecule has 2 heterocycles. The van der Waals surface area contributed by atoms with Gasteiger partial charge in [-0.1, -0.05) is 0 Å². The smallest absolute Gasteiger partial charge is 0.308 e. The van der Waals surface area contributed by atoms with Gasteiger partial charge in [-0.25, -0.2) is 0 Å². The Morgan fingerprint density at radius 1 is 1.32 bits per heavy atom. The highest BCUT2D eigenvalue weighted by Crippen LogP contribution is 2.43. The monoisotopic (exact) mass is 279 g/mol. The van der Waals surface area contributed by atoms with E-state index in [-0.39, 0.29) is 5.91 Å². The number of nitrogens with zero attached hydrogens (tertiary/aromatic N) is 1. The van der Waals surface area contributed by atoms with Crippen LogP contribution in [0.25, 0.3) is 0 Å². The van der Waals surface area contributed by atoms with Gasteiger partial charge in [0.2, 0.25) is 0 Å². The molecule has 1 aliphatic heterocycles. The maximum absolute atomic E-state index is 12.5. The molecule has 4 nitrogen and oxygen atoms in total. The van der Waals surface area contributed by atoms with Crippen LogP contribution in [0.15, 0.2) is 11.4 Å². The van der Waals surface area contributed by atoms with E-state index in [1.165, 1.54) is 29.7 Å². The fourth-order valence-corrected chi connectivity index (χ4v) is 3.67. The third-order valence-electron chi connectivity index (χ3n) is 3.96. The summed E-state index contributed by atoms with van der Waals surface area (Å²) >= 11 is 1.49. The molecule has 3 rings (SSSR count). The van der Waals surface area contributed by atoms with E-state index in [1.807, 2.05) is 11.4 Å². The summed E-state index contributed by atoms with van der Waals surface area (Å²) in [7, 11) is 0. The van der Waals surface area contributed by atoms with Gasteiger partial charge in [-0.15, -0.1) is 11.3 Å². The van der Waals surface area contributed by atoms with E-state index in [0.29, 0.717) is 25.4 Å². The van der Waals surface area contributed by atoms with E-state index in [9.17, 15) is 9.59 Å². The summed E-state index contributed by atoms with van der Waals surface area (Å²) in [6, 6.07) is 2.05. The first-order valence-electron chi connectivity index (χ1n) is 6.76. The third-order valence-corrected chi connectivity index (χ3v) is 4.88. The predicted molar refractivity (Wildman–Crippen MR) is 72.6 cm³/mol. The molecule has 1 amide bonds. The highest BCUT2D eigenvalue weighted by Gasteiger charge is 2.33. The topological polar surface area (TPSA) is 57.6 Å². The van der Waals surface area contributed by atoms with E-state index in [0.717, 1.165) is 11.3 Å². The van der Waals surface area contributed by atoms with E-state index >= 15 is 0 Å². The van der Waals surface area contributed by atoms with Crippen LogP contribution in [-0.2, 0) is 4.79 Å². The van der Waals surface area contributed by atoms with Gasteiger partial charge in [0.25, 0.3) is 5.91 Å². The van der Waals surface area contributed by atoms with Crippen molar-refractivity contribution in [3.8, 4) is 0 Å². The van der Waals surface area contributed by atoms with Crippen LogP contribution in [0.5, 0.6) is 0 Å². The molecule has 5 heteroatoms. The van der Waals surface area contributed by atoms with Crippen LogP contribution >= 0.6 is 11.3 Å². The maximum Gasteiger partial charge on any atom is 0.308 e. The van der Waals surface area contributed by atoms with Gasteiger partial charge in [0, 0.05) is 13.1 Å². The number of likely N-dealkylation sites (tertiary alicyclic amines) is 1. The van der Waals surface area contributed by atoms with Gasteiger partial charge in [0.1, 0.15) is 0 Å². The molecule has 1 N–H and O–H groups in total. The maximum atomic E-state index is 12.5. The fraction of sp³-hybridized carbons (Fsp3) is 0.571. The molecule has 1 saturated carbocycles. The van der Waals surface area contributed by atoms with Crippen molar-refractivity contribution in [2.75, 3.05) is 13.1 Å². The minimum atomic E-state index is -0.786. The Morgan fingerprint density at radius 2 is 2.11 bits per heavy atom. The van der Waals surface area contributed by atoms with Gasteiger partial charge in [0.05, 0.1) is 10.8 Å². The number of carbonyl (C=O) groups is 2. The second-order valence-corrected chi connectivity index (χ2v) is 6.32. The average molecular weight is 279 g/mol. The molecule has 0 spiro atoms. The number of rotatable bonds is 3. The first-order chi connectivity index (χ1) is 9.16. The summed E-state index contributed by atoms with van der Waals surface area (Å²) in [6.07, 6.45) is 3.81. The Kier molecular flexibility index (Phi) is 3.31. The second kappa shape index (κ2) is 4.96. The van der Waals surface area contributed by atoms with Gasteiger partial charge in [-0.3, -0.25) is 9.59 Å². The Balaban J connectivity index is 1.75. The molecule has 2 aliphatic rings. The van der Waals surface area contributed by atoms with E-state index < -0.39 is 11.9 Å². The lowest BCUT2D eigenvalue weighted by atomic mass is 9.98. The van der Waals surface area contributed by atoms with Crippen molar-refractivity contribution in [1.82, 2.24) is 4.90 Å². The van der Waals surface area contributed by atoms with E-state index in [1.54, 1.807) is 4.90 Å². The normalized spacial score (nSPS) is 23.4. The summed E-state index contributed by atoms with van der Waals surface area (Å²) in [5, 5.41) is 11.1. The summed E-state index contributed by atoms with van der Waals surface area (Å²) in [5.41, 5.74) is 1.17. The summed E-state index contributed by atoms with van der Waals surface area (Å²) in [5.74, 6) is -0.596. The Bertz CT molecular complexity index is 507. The Hall–Kier alpha value is -1.36. The first-order valence-corrected chi connectivity index (χ1v) is 7.64. The minimum absolute atomic E-state index is 0.0304. The zero-order chi connectivity index (χ0) is 13.4. The van der Waals surface area contributed by atoms with Gasteiger partial charge >= 0.3 is 5.97 Å². The van der Waals surface area contributed by atoms with Crippen LogP contribution in [0.3, 0.4) is 0 Å². The Labute approximate surface area is 116 Å². The van der Waals surface area contributed by atoms with Crippen molar-refractivity contribution in [2.24, 2.45) is 5.92 Å². The molecular formula is C14H17NO3S. The molecule has 0 aromatic carbocycles. The molecule has 1 saturated heterocycles. The van der Waals surface area contributed by atoms with Gasteiger partial charge in [-0.2, -0.15) is 0 Å². The van der Waals surface area contributed by atoms with E-state index in [2.05, 4.69) is 0 Å². The number of thiophene rings is 1. The number of carbonyl (C=O) groups excluding carboxylic acids is 1. The minimum Gasteiger partial charge on any atom is -0.481 e. The molecule has 102 valence electrons. The lowest BCUT2D eigenvalue weighted by Crippen LogP contribution is -2.42. The SMILES string of the molecule is O=C(O)C1CCCN(C(=O)c2sccc2C2CC2)C1. The van der Waals surface area contributed by atoms with Crippen molar-refractivity contribution in [2.45, 2.75) is 31.6 Å². The average Bonchev–Trinajstić information content (AvgIpc) is 3.15. The fourth-order valence-electron chi connectivity index (χ4n) is 2.72. The van der Waals surface area contributed by atoms with Crippen LogP contribution in [-0.4, -0.2) is 35.0 Å². The third kappa shape index (κ3) is 2.52. The van der Waals surface area contributed by atoms with Crippen molar-refractivity contribution in [3.05, 3.63) is 21.9 Å². The number of carboxylic acids is 1. The molecule has 1 aromatic heterocycles. The van der Waals surface area contributed by atoms with Crippen LogP contribution < -0.4 is 0 Å². The van der Waals surface area contributed by atoms with Crippen LogP contribution in [0, 0.1) is 5.92 Å². The van der Waals surface area contributed by atoms with Crippen LogP contribution in [0.4, 0.5) is 0 Å². The molecule has 19 heavy (non-hydrogen) atoms. The summed E-state index contributed by atoms with van der Waals surface area (Å²) in [4.78, 5) is 26.1. The number of aliphatic carboxylic acids is 1. The number of carboxylic acid groups (broad SMARTS) is 1. The van der Waals surface area contributed by atoms with Gasteiger partial charge in [-0.05, 0) is 48.6 Å². The molecular weight excluding hydrogens is 262 g/mol. The molecule has 1 aliphatic carbocycles. The standard InChI is InChI=1S/C14H17NO3S/c16-13(12-11(5-7-19-12)9-3-4-9)15-6-1-2-10(8-15)14(17)18/h5,7,9-10H,1-4,6,8H2,(H,17,18). The highest BCUT2D eigenvalue weighted by molar-refractivity contribution is 7.12. The van der Waals surface area contributed by atoms with Crippen molar-refractivity contribution < 1.29 is 14.7 Å². The van der Waals surface area contributed by atoms with E-state index in [4.69, 9.17) is 5.11 Å². The highest BCUT2D eigenvalue weighted by atomic mass is 32.1. The van der Waals surface area contributed by atoms with Crippen LogP contribution in [0.1, 0.15) is 46.8 Å². The quantitative estimate of drug-likeness (QED) is 0.925. The van der Waals surface area contributed by atoms with Gasteiger partial charge in [0.15, 0.2) is 0 Å². The lowest BCUT2D eigenvalue weighted by Gasteiger charge is -2.30. The van der Waals surface area contributed by atoms with Crippen LogP contribution in [0.2, 0.25) is 0 Å². The molecule has 1 unspecified atom stereocenters. The number of amides is 1. The summed E-state index contributed by atoms with van der Waals surface area (Å²) < 4.78 is 0. The molecule has 0 bridgehead atoms. The second-order valence-electron chi connectivity index (χ2n) is 5.41. The number of piperidine rings is 1. The molecule has 1 atom stereocenters. The zero-order valence-electron chi connectivity index (χ0n) is 10.7. The Morgan fingerprint density at radius 3 is 2.79 bits per heavy atom. The molecule has 2 fully saturated rings. The largest absolute Gasteiger partial charge is 0.481 e.